The van der Waals surface area contributed by atoms with E-state index in [-0.39, 0.29) is 11.6 Å². The standard InChI is InChI=1S/C20H18FN3O3S2/c1-12-9-14-10-13(7-8-18(14)24(12)29(2,26)27)17-11-28-20(22-17)23-19(25)15-5-3-4-6-16(15)21/h3-8,10-12H,9H2,1-2H3,(H,22,23,25)/t12-/m0/s1. The highest BCUT2D eigenvalue weighted by Gasteiger charge is 2.32. The van der Waals surface area contributed by atoms with Crippen LogP contribution in [0.4, 0.5) is 15.2 Å². The Bertz CT molecular complexity index is 1210. The van der Waals surface area contributed by atoms with Crippen LogP contribution in [-0.4, -0.2) is 31.6 Å². The molecule has 0 aliphatic carbocycles. The molecule has 0 fully saturated rings. The highest BCUT2D eigenvalue weighted by Crippen LogP contribution is 2.37. The smallest absolute Gasteiger partial charge is 0.260 e. The number of hydrogen-bond donors (Lipinski definition) is 1. The lowest BCUT2D eigenvalue weighted by Crippen LogP contribution is -2.34. The summed E-state index contributed by atoms with van der Waals surface area (Å²) in [6.45, 7) is 1.87. The fraction of sp³-hybridized carbons (Fsp3) is 0.200. The molecule has 29 heavy (non-hydrogen) atoms. The van der Waals surface area contributed by atoms with Crippen molar-refractivity contribution in [2.24, 2.45) is 0 Å². The summed E-state index contributed by atoms with van der Waals surface area (Å²) in [4.78, 5) is 16.7. The van der Waals surface area contributed by atoms with Crippen LogP contribution in [0, 0.1) is 5.82 Å². The number of hydrogen-bond acceptors (Lipinski definition) is 5. The topological polar surface area (TPSA) is 79.4 Å². The monoisotopic (exact) mass is 431 g/mol. The van der Waals surface area contributed by atoms with Crippen LogP contribution in [0.5, 0.6) is 0 Å². The predicted octanol–water partition coefficient (Wildman–Crippen LogP) is 3.91. The van der Waals surface area contributed by atoms with Crippen molar-refractivity contribution in [2.75, 3.05) is 15.9 Å². The molecule has 4 rings (SSSR count). The summed E-state index contributed by atoms with van der Waals surface area (Å²) in [6, 6.07) is 11.1. The molecule has 1 aromatic heterocycles. The second kappa shape index (κ2) is 7.23. The van der Waals surface area contributed by atoms with Crippen LogP contribution < -0.4 is 9.62 Å². The maximum atomic E-state index is 13.8. The Balaban J connectivity index is 1.57. The number of fused-ring (bicyclic) bond motifs is 1. The largest absolute Gasteiger partial charge is 0.298 e. The maximum absolute atomic E-state index is 13.8. The van der Waals surface area contributed by atoms with Gasteiger partial charge in [-0.3, -0.25) is 14.4 Å². The van der Waals surface area contributed by atoms with E-state index in [0.29, 0.717) is 22.9 Å². The van der Waals surface area contributed by atoms with Crippen LogP contribution in [0.2, 0.25) is 0 Å². The SMILES string of the molecule is C[C@H]1Cc2cc(-c3csc(NC(=O)c4ccccc4F)n3)ccc2N1S(C)(=O)=O. The molecule has 1 amide bonds. The number of anilines is 2. The van der Waals surface area contributed by atoms with E-state index in [4.69, 9.17) is 0 Å². The molecule has 3 aromatic rings. The summed E-state index contributed by atoms with van der Waals surface area (Å²) in [5.41, 5.74) is 3.06. The lowest BCUT2D eigenvalue weighted by molar-refractivity contribution is 0.102. The van der Waals surface area contributed by atoms with Gasteiger partial charge in [-0.2, -0.15) is 0 Å². The molecule has 0 unspecified atom stereocenters. The van der Waals surface area contributed by atoms with Gasteiger partial charge in [-0.05, 0) is 43.2 Å². The minimum Gasteiger partial charge on any atom is -0.298 e. The predicted molar refractivity (Wildman–Crippen MR) is 112 cm³/mol. The van der Waals surface area contributed by atoms with E-state index in [1.807, 2.05) is 19.1 Å². The second-order valence-electron chi connectivity index (χ2n) is 6.93. The van der Waals surface area contributed by atoms with E-state index in [0.717, 1.165) is 11.1 Å². The third-order valence-corrected chi connectivity index (χ3v) is 6.76. The molecule has 0 radical (unpaired) electrons. The first kappa shape index (κ1) is 19.5. The summed E-state index contributed by atoms with van der Waals surface area (Å²) in [6.07, 6.45) is 1.83. The molecule has 2 heterocycles. The molecular formula is C20H18FN3O3S2. The van der Waals surface area contributed by atoms with Crippen LogP contribution in [0.25, 0.3) is 11.3 Å². The summed E-state index contributed by atoms with van der Waals surface area (Å²) in [7, 11) is -3.34. The highest BCUT2D eigenvalue weighted by molar-refractivity contribution is 7.92. The van der Waals surface area contributed by atoms with E-state index >= 15 is 0 Å². The van der Waals surface area contributed by atoms with Gasteiger partial charge in [0, 0.05) is 17.0 Å². The molecule has 0 bridgehead atoms. The molecule has 150 valence electrons. The number of rotatable bonds is 4. The Labute approximate surface area is 172 Å². The average Bonchev–Trinajstić information content (AvgIpc) is 3.24. The van der Waals surface area contributed by atoms with Gasteiger partial charge < -0.3 is 0 Å². The number of halogens is 1. The van der Waals surface area contributed by atoms with E-state index in [2.05, 4.69) is 10.3 Å². The van der Waals surface area contributed by atoms with Gasteiger partial charge >= 0.3 is 0 Å². The molecule has 1 N–H and O–H groups in total. The summed E-state index contributed by atoms with van der Waals surface area (Å²) >= 11 is 1.24. The number of thiazole rings is 1. The average molecular weight is 432 g/mol. The molecule has 0 saturated carbocycles. The number of sulfonamides is 1. The lowest BCUT2D eigenvalue weighted by atomic mass is 10.1. The zero-order chi connectivity index (χ0) is 20.8. The Morgan fingerprint density at radius 3 is 2.76 bits per heavy atom. The van der Waals surface area contributed by atoms with Crippen molar-refractivity contribution >= 4 is 38.1 Å². The van der Waals surface area contributed by atoms with Crippen LogP contribution in [0.1, 0.15) is 22.8 Å². The highest BCUT2D eigenvalue weighted by atomic mass is 32.2. The molecule has 1 aliphatic heterocycles. The van der Waals surface area contributed by atoms with Crippen molar-refractivity contribution < 1.29 is 17.6 Å². The number of amides is 1. The normalized spacial score (nSPS) is 16.0. The Hall–Kier alpha value is -2.78. The van der Waals surface area contributed by atoms with Gasteiger partial charge in [0.15, 0.2) is 5.13 Å². The van der Waals surface area contributed by atoms with Gasteiger partial charge in [-0.15, -0.1) is 11.3 Å². The molecule has 0 spiro atoms. The number of nitrogens with one attached hydrogen (secondary N) is 1. The Morgan fingerprint density at radius 1 is 1.28 bits per heavy atom. The maximum Gasteiger partial charge on any atom is 0.260 e. The van der Waals surface area contributed by atoms with Gasteiger partial charge in [0.2, 0.25) is 10.0 Å². The van der Waals surface area contributed by atoms with Crippen molar-refractivity contribution in [2.45, 2.75) is 19.4 Å². The first-order valence-electron chi connectivity index (χ1n) is 8.88. The lowest BCUT2D eigenvalue weighted by Gasteiger charge is -2.21. The number of nitrogens with zero attached hydrogens (tertiary/aromatic N) is 2. The van der Waals surface area contributed by atoms with Crippen LogP contribution in [0.3, 0.4) is 0 Å². The first-order chi connectivity index (χ1) is 13.7. The van der Waals surface area contributed by atoms with Crippen molar-refractivity contribution in [3.8, 4) is 11.3 Å². The van der Waals surface area contributed by atoms with Gasteiger partial charge in [0.05, 0.1) is 23.2 Å². The second-order valence-corrected chi connectivity index (χ2v) is 9.64. The summed E-state index contributed by atoms with van der Waals surface area (Å²) in [5.74, 6) is -1.15. The van der Waals surface area contributed by atoms with Crippen molar-refractivity contribution in [1.82, 2.24) is 4.98 Å². The van der Waals surface area contributed by atoms with Crippen molar-refractivity contribution in [3.05, 3.63) is 64.8 Å². The van der Waals surface area contributed by atoms with Crippen LogP contribution in [0.15, 0.2) is 47.8 Å². The van der Waals surface area contributed by atoms with Gasteiger partial charge in [0.25, 0.3) is 5.91 Å². The fourth-order valence-corrected chi connectivity index (χ4v) is 5.52. The number of carbonyl (C=O) groups is 1. The van der Waals surface area contributed by atoms with E-state index in [1.165, 1.54) is 40.1 Å². The molecular weight excluding hydrogens is 413 g/mol. The van der Waals surface area contributed by atoms with Crippen molar-refractivity contribution in [3.63, 3.8) is 0 Å². The van der Waals surface area contributed by atoms with Gasteiger partial charge in [-0.1, -0.05) is 18.2 Å². The minimum absolute atomic E-state index is 0.0448. The van der Waals surface area contributed by atoms with Crippen LogP contribution in [-0.2, 0) is 16.4 Å². The van der Waals surface area contributed by atoms with E-state index in [9.17, 15) is 17.6 Å². The summed E-state index contributed by atoms with van der Waals surface area (Å²) < 4.78 is 39.3. The zero-order valence-electron chi connectivity index (χ0n) is 15.7. The summed E-state index contributed by atoms with van der Waals surface area (Å²) in [5, 5.41) is 4.77. The molecule has 1 aliphatic rings. The molecule has 9 heteroatoms. The quantitative estimate of drug-likeness (QED) is 0.679. The first-order valence-corrected chi connectivity index (χ1v) is 11.6. The molecule has 1 atom stereocenters. The van der Waals surface area contributed by atoms with E-state index in [1.54, 1.807) is 17.5 Å². The third-order valence-electron chi connectivity index (χ3n) is 4.73. The van der Waals surface area contributed by atoms with Gasteiger partial charge in [-0.25, -0.2) is 17.8 Å². The molecule has 2 aromatic carbocycles. The Morgan fingerprint density at radius 2 is 2.03 bits per heavy atom. The Kier molecular flexibility index (Phi) is 4.87. The van der Waals surface area contributed by atoms with Crippen LogP contribution >= 0.6 is 11.3 Å². The number of carbonyl (C=O) groups excluding carboxylic acids is 1. The fourth-order valence-electron chi connectivity index (χ4n) is 3.54. The minimum atomic E-state index is -3.34. The molecule has 0 saturated heterocycles. The molecule has 6 nitrogen and oxygen atoms in total. The van der Waals surface area contributed by atoms with E-state index < -0.39 is 21.7 Å². The zero-order valence-corrected chi connectivity index (χ0v) is 17.3. The third kappa shape index (κ3) is 3.75. The van der Waals surface area contributed by atoms with Crippen molar-refractivity contribution in [1.29, 1.82) is 0 Å². The number of aromatic nitrogens is 1. The number of benzene rings is 2. The van der Waals surface area contributed by atoms with Gasteiger partial charge in [0.1, 0.15) is 5.82 Å².